The fourth-order valence-electron chi connectivity index (χ4n) is 3.83. The van der Waals surface area contributed by atoms with Gasteiger partial charge in [-0.15, -0.1) is 11.8 Å². The summed E-state index contributed by atoms with van der Waals surface area (Å²) in [4.78, 5) is 28.6. The molecule has 3 aromatic carbocycles. The van der Waals surface area contributed by atoms with Crippen molar-refractivity contribution in [1.82, 2.24) is 10.2 Å². The number of benzene rings is 3. The highest BCUT2D eigenvalue weighted by Crippen LogP contribution is 2.25. The lowest BCUT2D eigenvalue weighted by Crippen LogP contribution is -2.51. The van der Waals surface area contributed by atoms with E-state index in [1.165, 1.54) is 17.8 Å². The van der Waals surface area contributed by atoms with Crippen molar-refractivity contribution >= 4 is 35.2 Å². The van der Waals surface area contributed by atoms with Gasteiger partial charge in [-0.25, -0.2) is 4.39 Å². The number of nitrogens with one attached hydrogen (secondary N) is 1. The van der Waals surface area contributed by atoms with Gasteiger partial charge in [-0.1, -0.05) is 91.7 Å². The van der Waals surface area contributed by atoms with Crippen LogP contribution in [-0.2, 0) is 28.3 Å². The fourth-order valence-corrected chi connectivity index (χ4v) is 5.08. The third-order valence-electron chi connectivity index (χ3n) is 5.83. The maximum atomic E-state index is 14.2. The van der Waals surface area contributed by atoms with Gasteiger partial charge in [0.15, 0.2) is 0 Å². The predicted octanol–water partition coefficient (Wildman–Crippen LogP) is 6.27. The second kappa shape index (κ2) is 14.7. The summed E-state index contributed by atoms with van der Waals surface area (Å²) >= 11 is 7.45. The van der Waals surface area contributed by atoms with E-state index in [1.54, 1.807) is 17.0 Å². The number of amides is 2. The first-order valence-electron chi connectivity index (χ1n) is 12.1. The highest BCUT2D eigenvalue weighted by Gasteiger charge is 2.30. The average molecular weight is 527 g/mol. The third-order valence-corrected chi connectivity index (χ3v) is 7.13. The van der Waals surface area contributed by atoms with Crippen molar-refractivity contribution in [2.45, 2.75) is 44.5 Å². The number of carbonyl (C=O) groups excluding carboxylic acids is 2. The Balaban J connectivity index is 1.82. The van der Waals surface area contributed by atoms with Crippen LogP contribution < -0.4 is 5.32 Å². The van der Waals surface area contributed by atoms with Crippen molar-refractivity contribution in [3.8, 4) is 0 Å². The summed E-state index contributed by atoms with van der Waals surface area (Å²) < 4.78 is 14.2. The Hall–Kier alpha value is -2.83. The van der Waals surface area contributed by atoms with Crippen molar-refractivity contribution in [3.05, 3.63) is 106 Å². The lowest BCUT2D eigenvalue weighted by atomic mass is 10.0. The van der Waals surface area contributed by atoms with Crippen LogP contribution in [0.2, 0.25) is 5.02 Å². The van der Waals surface area contributed by atoms with Crippen LogP contribution in [-0.4, -0.2) is 35.1 Å². The number of unbranched alkanes of at least 4 members (excludes halogenated alkanes) is 1. The molecule has 0 aliphatic carbocycles. The van der Waals surface area contributed by atoms with Crippen LogP contribution in [0.3, 0.4) is 0 Å². The minimum Gasteiger partial charge on any atom is -0.354 e. The third kappa shape index (κ3) is 8.38. The SMILES string of the molecule is CCCCNC(=O)C(Cc1ccccc1)N(Cc1ccccc1)C(=O)CSCc1c(F)cccc1Cl. The fraction of sp³-hybridized carbons (Fsp3) is 0.310. The molecule has 3 aromatic rings. The standard InChI is InChI=1S/C29H32ClFN2O2S/c1-2-3-17-32-29(35)27(18-22-11-6-4-7-12-22)33(19-23-13-8-5-9-14-23)28(34)21-36-20-24-25(30)15-10-16-26(24)31/h4-16,27H,2-3,17-21H2,1H3,(H,32,35). The molecule has 4 nitrogen and oxygen atoms in total. The molecule has 2 amide bonds. The van der Waals surface area contributed by atoms with Gasteiger partial charge in [0.25, 0.3) is 0 Å². The van der Waals surface area contributed by atoms with Gasteiger partial charge < -0.3 is 10.2 Å². The highest BCUT2D eigenvalue weighted by molar-refractivity contribution is 7.99. The Morgan fingerprint density at radius 2 is 1.64 bits per heavy atom. The summed E-state index contributed by atoms with van der Waals surface area (Å²) in [5.74, 6) is -0.365. The van der Waals surface area contributed by atoms with E-state index in [0.717, 1.165) is 24.0 Å². The number of nitrogens with zero attached hydrogens (tertiary/aromatic N) is 1. The molecule has 0 saturated heterocycles. The van der Waals surface area contributed by atoms with E-state index in [4.69, 9.17) is 11.6 Å². The van der Waals surface area contributed by atoms with Crippen molar-refractivity contribution < 1.29 is 14.0 Å². The average Bonchev–Trinajstić information content (AvgIpc) is 2.89. The first-order valence-corrected chi connectivity index (χ1v) is 13.7. The molecule has 0 aliphatic heterocycles. The predicted molar refractivity (Wildman–Crippen MR) is 146 cm³/mol. The monoisotopic (exact) mass is 526 g/mol. The number of halogens is 2. The van der Waals surface area contributed by atoms with Gasteiger partial charge in [0.1, 0.15) is 11.9 Å². The Kier molecular flexibility index (Phi) is 11.3. The van der Waals surface area contributed by atoms with E-state index in [9.17, 15) is 14.0 Å². The van der Waals surface area contributed by atoms with Gasteiger partial charge in [-0.3, -0.25) is 9.59 Å². The number of rotatable bonds is 13. The van der Waals surface area contributed by atoms with Gasteiger partial charge in [0.2, 0.25) is 11.8 Å². The zero-order valence-electron chi connectivity index (χ0n) is 20.5. The summed E-state index contributed by atoms with van der Waals surface area (Å²) in [7, 11) is 0. The van der Waals surface area contributed by atoms with Crippen molar-refractivity contribution in [2.24, 2.45) is 0 Å². The minimum atomic E-state index is -0.672. The maximum absolute atomic E-state index is 14.2. The van der Waals surface area contributed by atoms with Gasteiger partial charge >= 0.3 is 0 Å². The van der Waals surface area contributed by atoms with E-state index in [0.29, 0.717) is 30.1 Å². The quantitative estimate of drug-likeness (QED) is 0.267. The molecule has 0 spiro atoms. The number of carbonyl (C=O) groups is 2. The molecule has 0 fully saturated rings. The molecule has 1 unspecified atom stereocenters. The summed E-state index contributed by atoms with van der Waals surface area (Å²) in [6.45, 7) is 2.94. The van der Waals surface area contributed by atoms with Crippen LogP contribution in [0.1, 0.15) is 36.5 Å². The van der Waals surface area contributed by atoms with Gasteiger partial charge in [-0.2, -0.15) is 0 Å². The Morgan fingerprint density at radius 1 is 0.972 bits per heavy atom. The molecular weight excluding hydrogens is 495 g/mol. The molecule has 0 aromatic heterocycles. The normalized spacial score (nSPS) is 11.6. The Labute approximate surface area is 222 Å². The smallest absolute Gasteiger partial charge is 0.243 e. The molecule has 0 bridgehead atoms. The lowest BCUT2D eigenvalue weighted by Gasteiger charge is -2.31. The number of hydrogen-bond acceptors (Lipinski definition) is 3. The molecule has 3 rings (SSSR count). The first kappa shape index (κ1) is 27.8. The van der Waals surface area contributed by atoms with Gasteiger partial charge in [0.05, 0.1) is 5.75 Å². The second-order valence-electron chi connectivity index (χ2n) is 8.55. The van der Waals surface area contributed by atoms with Gasteiger partial charge in [0, 0.05) is 35.8 Å². The summed E-state index contributed by atoms with van der Waals surface area (Å²) in [6, 6.07) is 23.3. The van der Waals surface area contributed by atoms with Crippen molar-refractivity contribution in [3.63, 3.8) is 0 Å². The molecule has 7 heteroatoms. The zero-order valence-corrected chi connectivity index (χ0v) is 22.0. The van der Waals surface area contributed by atoms with Crippen molar-refractivity contribution in [1.29, 1.82) is 0 Å². The molecule has 1 atom stereocenters. The first-order chi connectivity index (χ1) is 17.5. The molecule has 0 aliphatic rings. The Bertz CT molecular complexity index is 1090. The van der Waals surface area contributed by atoms with E-state index < -0.39 is 6.04 Å². The number of hydrogen-bond donors (Lipinski definition) is 1. The van der Waals surface area contributed by atoms with Crippen LogP contribution in [0, 0.1) is 5.82 Å². The molecule has 0 heterocycles. The zero-order chi connectivity index (χ0) is 25.8. The summed E-state index contributed by atoms with van der Waals surface area (Å²) in [5.41, 5.74) is 2.29. The molecule has 190 valence electrons. The van der Waals surface area contributed by atoms with E-state index in [2.05, 4.69) is 12.2 Å². The topological polar surface area (TPSA) is 49.4 Å². The minimum absolute atomic E-state index is 0.102. The van der Waals surface area contributed by atoms with Crippen molar-refractivity contribution in [2.75, 3.05) is 12.3 Å². The van der Waals surface area contributed by atoms with Crippen LogP contribution in [0.5, 0.6) is 0 Å². The largest absolute Gasteiger partial charge is 0.354 e. The lowest BCUT2D eigenvalue weighted by molar-refractivity contribution is -0.139. The molecule has 0 saturated carbocycles. The summed E-state index contributed by atoms with van der Waals surface area (Å²) in [5, 5.41) is 3.36. The van der Waals surface area contributed by atoms with Crippen LogP contribution in [0.15, 0.2) is 78.9 Å². The maximum Gasteiger partial charge on any atom is 0.243 e. The van der Waals surface area contributed by atoms with Gasteiger partial charge in [-0.05, 0) is 29.7 Å². The molecular formula is C29H32ClFN2O2S. The Morgan fingerprint density at radius 3 is 2.28 bits per heavy atom. The van der Waals surface area contributed by atoms with Crippen LogP contribution >= 0.6 is 23.4 Å². The van der Waals surface area contributed by atoms with E-state index in [1.807, 2.05) is 60.7 Å². The second-order valence-corrected chi connectivity index (χ2v) is 9.94. The van der Waals surface area contributed by atoms with Crippen LogP contribution in [0.4, 0.5) is 4.39 Å². The molecule has 1 N–H and O–H groups in total. The van der Waals surface area contributed by atoms with E-state index >= 15 is 0 Å². The highest BCUT2D eigenvalue weighted by atomic mass is 35.5. The number of thioether (sulfide) groups is 1. The van der Waals surface area contributed by atoms with E-state index in [-0.39, 0.29) is 29.1 Å². The molecule has 0 radical (unpaired) electrons. The molecule has 36 heavy (non-hydrogen) atoms. The summed E-state index contributed by atoms with van der Waals surface area (Å²) in [6.07, 6.45) is 2.24. The van der Waals surface area contributed by atoms with Crippen LogP contribution in [0.25, 0.3) is 0 Å².